The lowest BCUT2D eigenvalue weighted by atomic mass is 10.8. The first-order valence-electron chi connectivity index (χ1n) is 1.83. The van der Waals surface area contributed by atoms with Gasteiger partial charge in [0.05, 0.1) is 0 Å². The number of nitriles is 2. The third kappa shape index (κ3) is 79.0. The third-order valence-corrected chi connectivity index (χ3v) is 0.428. The molecule has 42 valence electrons. The molecule has 2 nitrogen and oxygen atoms in total. The molecule has 0 aromatic carbocycles. The molecule has 0 radical (unpaired) electrons. The molecule has 0 rings (SSSR count). The summed E-state index contributed by atoms with van der Waals surface area (Å²) in [4.78, 5) is 0. The zero-order valence-electron chi connectivity index (χ0n) is 4.43. The summed E-state index contributed by atoms with van der Waals surface area (Å²) < 4.78 is 0. The van der Waals surface area contributed by atoms with Crippen LogP contribution in [0.2, 0.25) is 0 Å². The Morgan fingerprint density at radius 1 is 1.38 bits per heavy atom. The smallest absolute Gasteiger partial charge is 0.181 e. The van der Waals surface area contributed by atoms with Crippen molar-refractivity contribution in [3.63, 3.8) is 0 Å². The zero-order chi connectivity index (χ0) is 6.83. The number of halogens is 1. The minimum absolute atomic E-state index is 1.24. The molecule has 0 aromatic rings. The lowest BCUT2D eigenvalue weighted by Gasteiger charge is -1.46. The van der Waals surface area contributed by atoms with Crippen LogP contribution in [0.4, 0.5) is 0 Å². The van der Waals surface area contributed by atoms with Crippen LogP contribution in [0.5, 0.6) is 0 Å². The third-order valence-electron chi connectivity index (χ3n) is 0.176. The van der Waals surface area contributed by atoms with Crippen LogP contribution >= 0.6 is 11.6 Å². The van der Waals surface area contributed by atoms with Crippen LogP contribution in [-0.4, -0.2) is 0 Å². The van der Waals surface area contributed by atoms with Crippen molar-refractivity contribution in [1.29, 1.82) is 10.5 Å². The van der Waals surface area contributed by atoms with Crippen molar-refractivity contribution in [3.8, 4) is 12.1 Å². The summed E-state index contributed by atoms with van der Waals surface area (Å²) in [6.07, 6.45) is 1.77. The summed E-state index contributed by atoms with van der Waals surface area (Å²) in [5, 5.41) is 14.5. The van der Waals surface area contributed by atoms with E-state index in [0.29, 0.717) is 0 Å². The molecule has 0 aliphatic carbocycles. The predicted octanol–water partition coefficient (Wildman–Crippen LogP) is 1.79. The van der Waals surface area contributed by atoms with Crippen LogP contribution in [0.25, 0.3) is 0 Å². The predicted molar refractivity (Wildman–Crippen MR) is 31.9 cm³/mol. The van der Waals surface area contributed by atoms with E-state index in [2.05, 4.69) is 0 Å². The molecule has 0 amide bonds. The molecule has 0 heterocycles. The molecule has 0 saturated heterocycles. The normalized spacial score (nSPS) is 6.00. The second kappa shape index (κ2) is 16.7. The molecular weight excluding hydrogens is 124 g/mol. The molecule has 0 aliphatic heterocycles. The van der Waals surface area contributed by atoms with E-state index in [9.17, 15) is 0 Å². The summed E-state index contributed by atoms with van der Waals surface area (Å²) in [5.41, 5.74) is 1.47. The van der Waals surface area contributed by atoms with Crippen molar-refractivity contribution in [3.05, 3.63) is 11.6 Å². The fourth-order valence-corrected chi connectivity index (χ4v) is 0. The molecule has 0 atom stereocenters. The Bertz CT molecular complexity index is 110. The summed E-state index contributed by atoms with van der Waals surface area (Å²) in [7, 11) is 0. The van der Waals surface area contributed by atoms with Crippen molar-refractivity contribution in [1.82, 2.24) is 0 Å². The highest BCUT2D eigenvalue weighted by Gasteiger charge is 1.39. The van der Waals surface area contributed by atoms with Gasteiger partial charge in [0.2, 0.25) is 0 Å². The first-order valence-corrected chi connectivity index (χ1v) is 2.26. The highest BCUT2D eigenvalue weighted by molar-refractivity contribution is 6.25. The van der Waals surface area contributed by atoms with E-state index < -0.39 is 0 Å². The van der Waals surface area contributed by atoms with E-state index in [1.807, 2.05) is 6.92 Å². The largest absolute Gasteiger partial charge is 0.181 e. The maximum Gasteiger partial charge on any atom is 0.181 e. The number of rotatable bonds is 0. The van der Waals surface area contributed by atoms with Crippen molar-refractivity contribution in [2.75, 3.05) is 0 Å². The van der Waals surface area contributed by atoms with E-state index >= 15 is 0 Å². The van der Waals surface area contributed by atoms with Crippen molar-refractivity contribution in [2.45, 2.75) is 6.92 Å². The minimum Gasteiger partial charge on any atom is -0.181 e. The number of hydrogen-bond acceptors (Lipinski definition) is 2. The Labute approximate surface area is 53.6 Å². The van der Waals surface area contributed by atoms with E-state index in [4.69, 9.17) is 22.1 Å². The van der Waals surface area contributed by atoms with Crippen LogP contribution in [0.3, 0.4) is 0 Å². The second-order valence-corrected chi connectivity index (χ2v) is 0.935. The van der Waals surface area contributed by atoms with Gasteiger partial charge in [-0.1, -0.05) is 17.7 Å². The number of allylic oxidation sites excluding steroid dienone is 1. The molecular formula is C5H5ClN2. The summed E-state index contributed by atoms with van der Waals surface area (Å²) >= 11 is 5.01. The Balaban J connectivity index is 0. The van der Waals surface area contributed by atoms with Crippen LogP contribution in [0, 0.1) is 22.7 Å². The highest BCUT2D eigenvalue weighted by Crippen LogP contribution is 1.70. The van der Waals surface area contributed by atoms with Gasteiger partial charge < -0.3 is 0 Å². The van der Waals surface area contributed by atoms with Gasteiger partial charge in [-0.2, -0.15) is 10.5 Å². The average molecular weight is 129 g/mol. The van der Waals surface area contributed by atoms with Crippen molar-refractivity contribution < 1.29 is 0 Å². The fourth-order valence-electron chi connectivity index (χ4n) is 0. The monoisotopic (exact) mass is 128 g/mol. The summed E-state index contributed by atoms with van der Waals surface area (Å²) in [6.45, 7) is 1.87. The fraction of sp³-hybridized carbons (Fsp3) is 0.200. The molecule has 3 heteroatoms. The first kappa shape index (κ1) is 10.1. The van der Waals surface area contributed by atoms with E-state index in [1.165, 1.54) is 17.7 Å². The van der Waals surface area contributed by atoms with Gasteiger partial charge in [0, 0.05) is 0 Å². The maximum absolute atomic E-state index is 7.26. The van der Waals surface area contributed by atoms with E-state index in [1.54, 1.807) is 6.08 Å². The van der Waals surface area contributed by atoms with Gasteiger partial charge in [-0.25, -0.2) is 0 Å². The Hall–Kier alpha value is -0.990. The van der Waals surface area contributed by atoms with Gasteiger partial charge in [-0.05, 0) is 12.5 Å². The lowest BCUT2D eigenvalue weighted by molar-refractivity contribution is 1.49. The van der Waals surface area contributed by atoms with Crippen LogP contribution in [0.15, 0.2) is 11.6 Å². The van der Waals surface area contributed by atoms with Gasteiger partial charge in [0.1, 0.15) is 0 Å². The van der Waals surface area contributed by atoms with Gasteiger partial charge >= 0.3 is 0 Å². The Kier molecular flexibility index (Phi) is 21.0. The zero-order valence-corrected chi connectivity index (χ0v) is 5.18. The lowest BCUT2D eigenvalue weighted by Crippen LogP contribution is -1.26. The Morgan fingerprint density at radius 2 is 1.62 bits per heavy atom. The van der Waals surface area contributed by atoms with Gasteiger partial charge in [-0.15, -0.1) is 0 Å². The van der Waals surface area contributed by atoms with Gasteiger partial charge in [-0.3, -0.25) is 0 Å². The molecule has 0 aromatic heterocycles. The van der Waals surface area contributed by atoms with Crippen LogP contribution in [-0.2, 0) is 0 Å². The Morgan fingerprint density at radius 3 is 1.62 bits per heavy atom. The minimum atomic E-state index is 1.24. The van der Waals surface area contributed by atoms with E-state index in [0.717, 1.165) is 0 Å². The van der Waals surface area contributed by atoms with E-state index in [-0.39, 0.29) is 0 Å². The SMILES string of the molecule is CC=CCl.N#CC#N. The maximum atomic E-state index is 7.26. The van der Waals surface area contributed by atoms with Crippen molar-refractivity contribution >= 4 is 11.6 Å². The summed E-state index contributed by atoms with van der Waals surface area (Å²) in [6, 6.07) is 2.47. The molecule has 0 saturated carbocycles. The topological polar surface area (TPSA) is 47.6 Å². The first-order chi connectivity index (χ1) is 3.83. The highest BCUT2D eigenvalue weighted by atomic mass is 35.5. The molecule has 0 unspecified atom stereocenters. The van der Waals surface area contributed by atoms with Crippen LogP contribution < -0.4 is 0 Å². The molecule has 0 aliphatic rings. The van der Waals surface area contributed by atoms with Crippen LogP contribution in [0.1, 0.15) is 6.92 Å². The van der Waals surface area contributed by atoms with Crippen molar-refractivity contribution in [2.24, 2.45) is 0 Å². The molecule has 0 spiro atoms. The quantitative estimate of drug-likeness (QED) is 0.499. The molecule has 0 N–H and O–H groups in total. The summed E-state index contributed by atoms with van der Waals surface area (Å²) in [5.74, 6) is 0. The second-order valence-electron chi connectivity index (χ2n) is 0.683. The molecule has 8 heavy (non-hydrogen) atoms. The average Bonchev–Trinajstić information content (AvgIpc) is 1.88. The van der Waals surface area contributed by atoms with Gasteiger partial charge in [0.15, 0.2) is 12.1 Å². The molecule has 0 fully saturated rings. The number of nitrogens with zero attached hydrogens (tertiary/aromatic N) is 2. The number of hydrogen-bond donors (Lipinski definition) is 0. The van der Waals surface area contributed by atoms with Gasteiger partial charge in [0.25, 0.3) is 0 Å². The standard InChI is InChI=1S/C3H5Cl.C2N2/c1-2-3-4;3-1-2-4/h2-3H,1H3;. The molecule has 0 bridgehead atoms.